The largest absolute Gasteiger partial charge is 0.494 e. The molecule has 164 valence electrons. The molecule has 0 saturated carbocycles. The average Bonchev–Trinajstić information content (AvgIpc) is 3.27. The van der Waals surface area contributed by atoms with Gasteiger partial charge in [-0.05, 0) is 42.1 Å². The zero-order chi connectivity index (χ0) is 22.4. The van der Waals surface area contributed by atoms with Crippen LogP contribution < -0.4 is 10.5 Å². The number of thiophene rings is 1. The minimum Gasteiger partial charge on any atom is -0.494 e. The molecule has 0 radical (unpaired) electrons. The highest BCUT2D eigenvalue weighted by Crippen LogP contribution is 2.30. The van der Waals surface area contributed by atoms with E-state index in [1.54, 1.807) is 36.4 Å². The van der Waals surface area contributed by atoms with Gasteiger partial charge < -0.3 is 25.4 Å². The second-order valence-electron chi connectivity index (χ2n) is 7.06. The molecule has 0 bridgehead atoms. The van der Waals surface area contributed by atoms with Crippen LogP contribution in [0.4, 0.5) is 0 Å². The number of nitrogen functional groups attached to an aromatic ring is 1. The Bertz CT molecular complexity index is 945. The van der Waals surface area contributed by atoms with E-state index in [0.717, 1.165) is 4.88 Å². The van der Waals surface area contributed by atoms with Gasteiger partial charge in [-0.1, -0.05) is 6.07 Å². The number of nitrogens with one attached hydrogen (secondary N) is 1. The molecule has 1 fully saturated rings. The summed E-state index contributed by atoms with van der Waals surface area (Å²) in [5.41, 5.74) is 6.03. The summed E-state index contributed by atoms with van der Waals surface area (Å²) < 4.78 is 5.64. The van der Waals surface area contributed by atoms with E-state index < -0.39 is 23.8 Å². The number of nitrogens with two attached hydrogens (primary N) is 1. The highest BCUT2D eigenvalue weighted by Gasteiger charge is 2.37. The number of carbonyl (C=O) groups is 3. The SMILES string of the molecule is N=C(N)c1ccc(OCCCN2CCN(C(CC(=O)O)c3cccs3)C(=O)C2=O)cc1. The molecule has 9 nitrogen and oxygen atoms in total. The van der Waals surface area contributed by atoms with Crippen LogP contribution in [0.3, 0.4) is 0 Å². The zero-order valence-electron chi connectivity index (χ0n) is 16.8. The van der Waals surface area contributed by atoms with Crippen molar-refractivity contribution in [1.82, 2.24) is 9.80 Å². The monoisotopic (exact) mass is 444 g/mol. The van der Waals surface area contributed by atoms with Crippen molar-refractivity contribution in [2.45, 2.75) is 18.9 Å². The lowest BCUT2D eigenvalue weighted by atomic mass is 10.1. The number of aliphatic carboxylic acids is 1. The summed E-state index contributed by atoms with van der Waals surface area (Å²) in [6.45, 7) is 1.36. The molecule has 1 atom stereocenters. The van der Waals surface area contributed by atoms with Crippen LogP contribution in [0.25, 0.3) is 0 Å². The number of carboxylic acids is 1. The number of carboxylic acid groups (broad SMARTS) is 1. The van der Waals surface area contributed by atoms with Crippen molar-refractivity contribution in [3.8, 4) is 5.75 Å². The molecule has 1 aliphatic rings. The van der Waals surface area contributed by atoms with Crippen LogP contribution in [-0.4, -0.2) is 64.8 Å². The molecule has 10 heteroatoms. The van der Waals surface area contributed by atoms with Crippen LogP contribution in [-0.2, 0) is 14.4 Å². The third-order valence-corrected chi connectivity index (χ3v) is 5.94. The Kier molecular flexibility index (Phi) is 7.24. The third kappa shape index (κ3) is 5.60. The molecule has 1 saturated heterocycles. The predicted molar refractivity (Wildman–Crippen MR) is 115 cm³/mol. The fraction of sp³-hybridized carbons (Fsp3) is 0.333. The molecule has 0 spiro atoms. The molecule has 1 aliphatic heterocycles. The number of nitrogens with zero attached hydrogens (tertiary/aromatic N) is 2. The highest BCUT2D eigenvalue weighted by atomic mass is 32.1. The third-order valence-electron chi connectivity index (χ3n) is 4.96. The van der Waals surface area contributed by atoms with Gasteiger partial charge in [-0.25, -0.2) is 0 Å². The van der Waals surface area contributed by atoms with Gasteiger partial charge in [-0.15, -0.1) is 11.3 Å². The molecule has 3 rings (SSSR count). The lowest BCUT2D eigenvalue weighted by Gasteiger charge is -2.37. The van der Waals surface area contributed by atoms with Gasteiger partial charge in [0.2, 0.25) is 0 Å². The van der Waals surface area contributed by atoms with E-state index in [4.69, 9.17) is 15.9 Å². The number of benzene rings is 1. The molecule has 2 heterocycles. The number of amides is 2. The second-order valence-corrected chi connectivity index (χ2v) is 8.04. The minimum absolute atomic E-state index is 0.0152. The molecule has 4 N–H and O–H groups in total. The Labute approximate surface area is 183 Å². The van der Waals surface area contributed by atoms with Crippen LogP contribution in [0.1, 0.15) is 29.3 Å². The van der Waals surface area contributed by atoms with Crippen molar-refractivity contribution in [2.24, 2.45) is 5.73 Å². The molecule has 0 aliphatic carbocycles. The summed E-state index contributed by atoms with van der Waals surface area (Å²) in [4.78, 5) is 40.1. The maximum atomic E-state index is 12.7. The quantitative estimate of drug-likeness (QED) is 0.221. The predicted octanol–water partition coefficient (Wildman–Crippen LogP) is 1.69. The Morgan fingerprint density at radius 3 is 2.55 bits per heavy atom. The standard InChI is InChI=1S/C21H24N4O5S/c22-19(23)14-4-6-15(7-5-14)30-11-2-8-24-9-10-25(21(29)20(24)28)16(13-18(26)27)17-3-1-12-31-17/h1,3-7,12,16H,2,8-11,13H2,(H3,22,23)(H,26,27). The maximum absolute atomic E-state index is 12.7. The van der Waals surface area contributed by atoms with E-state index >= 15 is 0 Å². The van der Waals surface area contributed by atoms with E-state index in [2.05, 4.69) is 0 Å². The van der Waals surface area contributed by atoms with Gasteiger partial charge in [0.15, 0.2) is 0 Å². The summed E-state index contributed by atoms with van der Waals surface area (Å²) in [5, 5.41) is 18.4. The maximum Gasteiger partial charge on any atom is 0.312 e. The number of piperazine rings is 1. The number of carbonyl (C=O) groups excluding carboxylic acids is 2. The second kappa shape index (κ2) is 10.1. The van der Waals surface area contributed by atoms with Crippen molar-refractivity contribution in [3.63, 3.8) is 0 Å². The lowest BCUT2D eigenvalue weighted by Crippen LogP contribution is -2.55. The molecule has 1 aromatic heterocycles. The van der Waals surface area contributed by atoms with Crippen molar-refractivity contribution in [2.75, 3.05) is 26.2 Å². The average molecular weight is 445 g/mol. The normalized spacial score (nSPS) is 15.1. The summed E-state index contributed by atoms with van der Waals surface area (Å²) in [7, 11) is 0. The summed E-state index contributed by atoms with van der Waals surface area (Å²) >= 11 is 1.37. The Balaban J connectivity index is 1.51. The van der Waals surface area contributed by atoms with Crippen molar-refractivity contribution >= 4 is 35.0 Å². The summed E-state index contributed by atoms with van der Waals surface area (Å²) in [6.07, 6.45) is 0.298. The molecule has 2 aromatic rings. The molecular formula is C21H24N4O5S. The first-order valence-electron chi connectivity index (χ1n) is 9.79. The fourth-order valence-electron chi connectivity index (χ4n) is 3.39. The van der Waals surface area contributed by atoms with E-state index in [9.17, 15) is 19.5 Å². The lowest BCUT2D eigenvalue weighted by molar-refractivity contribution is -0.159. The smallest absolute Gasteiger partial charge is 0.312 e. The van der Waals surface area contributed by atoms with E-state index in [-0.39, 0.29) is 18.8 Å². The zero-order valence-corrected chi connectivity index (χ0v) is 17.6. The number of amidine groups is 1. The first-order chi connectivity index (χ1) is 14.9. The first kappa shape index (κ1) is 22.3. The first-order valence-corrected chi connectivity index (χ1v) is 10.7. The Morgan fingerprint density at radius 2 is 1.94 bits per heavy atom. The number of ether oxygens (including phenoxy) is 1. The molecule has 2 amide bonds. The van der Waals surface area contributed by atoms with Gasteiger partial charge in [0.1, 0.15) is 11.6 Å². The molecular weight excluding hydrogens is 420 g/mol. The van der Waals surface area contributed by atoms with Crippen LogP contribution >= 0.6 is 11.3 Å². The van der Waals surface area contributed by atoms with E-state index in [0.29, 0.717) is 37.4 Å². The Morgan fingerprint density at radius 1 is 1.19 bits per heavy atom. The Hall–Kier alpha value is -3.40. The topological polar surface area (TPSA) is 137 Å². The molecule has 31 heavy (non-hydrogen) atoms. The van der Waals surface area contributed by atoms with Crippen molar-refractivity contribution < 1.29 is 24.2 Å². The van der Waals surface area contributed by atoms with E-state index in [1.165, 1.54) is 21.1 Å². The van der Waals surface area contributed by atoms with Gasteiger partial charge >= 0.3 is 17.8 Å². The number of hydrogen-bond donors (Lipinski definition) is 3. The minimum atomic E-state index is -1.02. The fourth-order valence-corrected chi connectivity index (χ4v) is 4.23. The molecule has 1 unspecified atom stereocenters. The highest BCUT2D eigenvalue weighted by molar-refractivity contribution is 7.10. The van der Waals surface area contributed by atoms with Gasteiger partial charge in [0.05, 0.1) is 19.1 Å². The van der Waals surface area contributed by atoms with Gasteiger partial charge in [0.25, 0.3) is 0 Å². The summed E-state index contributed by atoms with van der Waals surface area (Å²) in [6, 6.07) is 9.76. The van der Waals surface area contributed by atoms with Gasteiger partial charge in [-0.3, -0.25) is 19.8 Å². The van der Waals surface area contributed by atoms with Crippen LogP contribution in [0.5, 0.6) is 5.75 Å². The number of hydrogen-bond acceptors (Lipinski definition) is 6. The van der Waals surface area contributed by atoms with Crippen LogP contribution in [0, 0.1) is 5.41 Å². The van der Waals surface area contributed by atoms with Crippen molar-refractivity contribution in [1.29, 1.82) is 5.41 Å². The van der Waals surface area contributed by atoms with Crippen LogP contribution in [0.15, 0.2) is 41.8 Å². The van der Waals surface area contributed by atoms with Crippen molar-refractivity contribution in [3.05, 3.63) is 52.2 Å². The van der Waals surface area contributed by atoms with Gasteiger partial charge in [-0.2, -0.15) is 0 Å². The van der Waals surface area contributed by atoms with E-state index in [1.807, 2.05) is 5.38 Å². The van der Waals surface area contributed by atoms with Gasteiger partial charge in [0, 0.05) is 30.1 Å². The number of rotatable bonds is 10. The summed E-state index contributed by atoms with van der Waals surface area (Å²) in [5.74, 6) is -1.70. The molecule has 1 aromatic carbocycles. The van der Waals surface area contributed by atoms with Crippen LogP contribution in [0.2, 0.25) is 0 Å².